The molecule has 1 aromatic carbocycles. The summed E-state index contributed by atoms with van der Waals surface area (Å²) in [5, 5.41) is 36.2. The molecule has 1 aliphatic heterocycles. The van der Waals surface area contributed by atoms with Crippen molar-refractivity contribution in [2.24, 2.45) is 5.73 Å². The molecule has 1 unspecified atom stereocenters. The van der Waals surface area contributed by atoms with Gasteiger partial charge in [0, 0.05) is 31.2 Å². The normalized spacial score (nSPS) is 16.1. The second-order valence-electron chi connectivity index (χ2n) is 9.46. The third-order valence-electron chi connectivity index (χ3n) is 6.35. The molecule has 0 saturated carbocycles. The number of halogens is 3. The number of phenolic OH excluding ortho intramolecular Hbond substituents is 1. The summed E-state index contributed by atoms with van der Waals surface area (Å²) in [4.78, 5) is 9.54. The first-order chi connectivity index (χ1) is 18.9. The van der Waals surface area contributed by atoms with Crippen LogP contribution >= 0.6 is 0 Å². The molecule has 1 saturated heterocycles. The van der Waals surface area contributed by atoms with Gasteiger partial charge in [-0.15, -0.1) is 0 Å². The van der Waals surface area contributed by atoms with E-state index in [2.05, 4.69) is 16.8 Å². The van der Waals surface area contributed by atoms with Crippen LogP contribution in [0.3, 0.4) is 0 Å². The van der Waals surface area contributed by atoms with Crippen molar-refractivity contribution in [3.8, 4) is 23.7 Å². The summed E-state index contributed by atoms with van der Waals surface area (Å²) >= 11 is 0. The molecule has 0 bridgehead atoms. The van der Waals surface area contributed by atoms with E-state index in [9.17, 15) is 23.5 Å². The molecule has 9 nitrogen and oxygen atoms in total. The standard InChI is InChI=1S/C28H31F3N8O/c1-19-11-13-38(24(27(34)35)16-22(33)21-6-3-4-8-25(21)40)14-15-39(19)26-10-9-20(17-32)23(36-26)7-5-12-37(2)18-28(29,30)31/h3-4,6,8-10,16,19,33,40H,11-15,18H2,1-2H3,(H3,34,35)/b24-16+,33-22?. The van der Waals surface area contributed by atoms with Crippen LogP contribution in [0.4, 0.5) is 19.0 Å². The van der Waals surface area contributed by atoms with Crippen molar-refractivity contribution in [3.63, 3.8) is 0 Å². The van der Waals surface area contributed by atoms with E-state index in [-0.39, 0.29) is 41.1 Å². The molecule has 40 heavy (non-hydrogen) atoms. The van der Waals surface area contributed by atoms with Gasteiger partial charge in [-0.3, -0.25) is 10.3 Å². The average Bonchev–Trinajstić information content (AvgIpc) is 3.07. The van der Waals surface area contributed by atoms with Gasteiger partial charge in [0.2, 0.25) is 0 Å². The van der Waals surface area contributed by atoms with E-state index >= 15 is 0 Å². The molecule has 1 aromatic heterocycles. The average molecular weight is 553 g/mol. The number of anilines is 1. The third kappa shape index (κ3) is 7.98. The maximum absolute atomic E-state index is 12.6. The van der Waals surface area contributed by atoms with Gasteiger partial charge in [0.05, 0.1) is 30.1 Å². The van der Waals surface area contributed by atoms with Crippen LogP contribution in [0.2, 0.25) is 0 Å². The van der Waals surface area contributed by atoms with E-state index in [0.29, 0.717) is 43.1 Å². The first kappa shape index (κ1) is 30.0. The molecule has 1 fully saturated rings. The van der Waals surface area contributed by atoms with Crippen molar-refractivity contribution < 1.29 is 18.3 Å². The van der Waals surface area contributed by atoms with Crippen molar-refractivity contribution in [2.75, 3.05) is 44.7 Å². The van der Waals surface area contributed by atoms with E-state index in [1.54, 1.807) is 30.3 Å². The lowest BCUT2D eigenvalue weighted by molar-refractivity contribution is -0.141. The van der Waals surface area contributed by atoms with Gasteiger partial charge < -0.3 is 26.0 Å². The first-order valence-electron chi connectivity index (χ1n) is 12.5. The van der Waals surface area contributed by atoms with E-state index in [1.807, 2.05) is 22.8 Å². The van der Waals surface area contributed by atoms with Gasteiger partial charge in [0.15, 0.2) is 0 Å². The Hall–Kier alpha value is -4.55. The van der Waals surface area contributed by atoms with Gasteiger partial charge in [0.1, 0.15) is 29.2 Å². The maximum Gasteiger partial charge on any atom is 0.401 e. The fraction of sp³-hybridized carbons (Fsp3) is 0.357. The lowest BCUT2D eigenvalue weighted by atomic mass is 10.1. The predicted octanol–water partition coefficient (Wildman–Crippen LogP) is 3.29. The highest BCUT2D eigenvalue weighted by molar-refractivity contribution is 6.12. The number of nitrogens with zero attached hydrogens (tertiary/aromatic N) is 5. The molecule has 12 heteroatoms. The summed E-state index contributed by atoms with van der Waals surface area (Å²) in [5.41, 5.74) is 7.02. The lowest BCUT2D eigenvalue weighted by Gasteiger charge is -2.28. The van der Waals surface area contributed by atoms with Gasteiger partial charge in [-0.2, -0.15) is 18.4 Å². The number of pyridine rings is 1. The number of benzene rings is 1. The Morgan fingerprint density at radius 3 is 2.60 bits per heavy atom. The number of allylic oxidation sites excluding steroid dienone is 1. The second-order valence-corrected chi connectivity index (χ2v) is 9.46. The number of para-hydroxylation sites is 1. The number of alkyl halides is 3. The SMILES string of the molecule is CC1CCN(/C(=C/C(=N)c2ccccc2O)C(=N)N)CCN1c1ccc(C#N)c(C#CCN(C)CC(F)(F)F)n1. The number of nitrogens with two attached hydrogens (primary N) is 1. The topological polar surface area (TPSA) is 140 Å². The predicted molar refractivity (Wildman–Crippen MR) is 147 cm³/mol. The van der Waals surface area contributed by atoms with Gasteiger partial charge in [-0.05, 0) is 56.7 Å². The molecular weight excluding hydrogens is 521 g/mol. The highest BCUT2D eigenvalue weighted by atomic mass is 19.4. The molecule has 0 amide bonds. The van der Waals surface area contributed by atoms with Crippen LogP contribution in [0.25, 0.3) is 0 Å². The highest BCUT2D eigenvalue weighted by Gasteiger charge is 2.29. The Morgan fingerprint density at radius 1 is 1.23 bits per heavy atom. The van der Waals surface area contributed by atoms with Gasteiger partial charge in [-0.1, -0.05) is 18.1 Å². The minimum atomic E-state index is -4.33. The summed E-state index contributed by atoms with van der Waals surface area (Å²) in [6.45, 7) is 2.27. The van der Waals surface area contributed by atoms with Crippen molar-refractivity contribution in [3.05, 3.63) is 65.0 Å². The first-order valence-corrected chi connectivity index (χ1v) is 12.5. The Kier molecular flexibility index (Phi) is 9.75. The van der Waals surface area contributed by atoms with Crippen LogP contribution in [0.1, 0.15) is 30.2 Å². The van der Waals surface area contributed by atoms with E-state index in [0.717, 1.165) is 4.90 Å². The van der Waals surface area contributed by atoms with Crippen LogP contribution in [-0.4, -0.2) is 83.4 Å². The van der Waals surface area contributed by atoms with Crippen LogP contribution < -0.4 is 10.6 Å². The second kappa shape index (κ2) is 13.0. The summed E-state index contributed by atoms with van der Waals surface area (Å²) in [7, 11) is 1.32. The lowest BCUT2D eigenvalue weighted by Crippen LogP contribution is -2.37. The number of hydrogen-bond donors (Lipinski definition) is 4. The molecule has 0 aliphatic carbocycles. The smallest absolute Gasteiger partial charge is 0.401 e. The summed E-state index contributed by atoms with van der Waals surface area (Å²) in [6.07, 6.45) is -2.19. The van der Waals surface area contributed by atoms with E-state index in [4.69, 9.17) is 16.6 Å². The van der Waals surface area contributed by atoms with Crippen molar-refractivity contribution in [1.29, 1.82) is 16.1 Å². The largest absolute Gasteiger partial charge is 0.507 e. The molecule has 1 aliphatic rings. The maximum atomic E-state index is 12.6. The fourth-order valence-corrected chi connectivity index (χ4v) is 4.31. The van der Waals surface area contributed by atoms with Crippen molar-refractivity contribution >= 4 is 17.4 Å². The van der Waals surface area contributed by atoms with Crippen LogP contribution in [0.15, 0.2) is 48.2 Å². The quantitative estimate of drug-likeness (QED) is 0.235. The number of phenols is 1. The highest BCUT2D eigenvalue weighted by Crippen LogP contribution is 2.23. The Morgan fingerprint density at radius 2 is 1.95 bits per heavy atom. The molecular formula is C28H31F3N8O. The summed E-state index contributed by atoms with van der Waals surface area (Å²) in [6, 6.07) is 11.8. The zero-order chi connectivity index (χ0) is 29.4. The number of rotatable bonds is 7. The van der Waals surface area contributed by atoms with Crippen LogP contribution in [-0.2, 0) is 0 Å². The number of aromatic nitrogens is 1. The number of hydrogen-bond acceptors (Lipinski definition) is 8. The Balaban J connectivity index is 1.81. The molecule has 0 spiro atoms. The minimum Gasteiger partial charge on any atom is -0.507 e. The Bertz CT molecular complexity index is 1390. The van der Waals surface area contributed by atoms with Gasteiger partial charge in [-0.25, -0.2) is 4.98 Å². The zero-order valence-electron chi connectivity index (χ0n) is 22.3. The van der Waals surface area contributed by atoms with Crippen LogP contribution in [0.5, 0.6) is 5.75 Å². The van der Waals surface area contributed by atoms with Gasteiger partial charge >= 0.3 is 6.18 Å². The Labute approximate surface area is 231 Å². The molecule has 2 aromatic rings. The van der Waals surface area contributed by atoms with Crippen molar-refractivity contribution in [2.45, 2.75) is 25.6 Å². The molecule has 5 N–H and O–H groups in total. The summed E-state index contributed by atoms with van der Waals surface area (Å²) in [5.74, 6) is 5.74. The van der Waals surface area contributed by atoms with Crippen molar-refractivity contribution in [1.82, 2.24) is 14.8 Å². The van der Waals surface area contributed by atoms with Gasteiger partial charge in [0.25, 0.3) is 0 Å². The number of nitrogens with one attached hydrogen (secondary N) is 2. The number of amidine groups is 1. The monoisotopic (exact) mass is 552 g/mol. The molecule has 210 valence electrons. The molecule has 3 rings (SSSR count). The van der Waals surface area contributed by atoms with E-state index in [1.165, 1.54) is 19.2 Å². The van der Waals surface area contributed by atoms with E-state index < -0.39 is 12.7 Å². The molecule has 0 radical (unpaired) electrons. The third-order valence-corrected chi connectivity index (χ3v) is 6.35. The molecule has 2 heterocycles. The minimum absolute atomic E-state index is 0.00925. The molecule has 1 atom stereocenters. The summed E-state index contributed by atoms with van der Waals surface area (Å²) < 4.78 is 37.8. The number of nitriles is 1. The zero-order valence-corrected chi connectivity index (χ0v) is 22.3. The fourth-order valence-electron chi connectivity index (χ4n) is 4.31. The van der Waals surface area contributed by atoms with Crippen LogP contribution in [0, 0.1) is 34.0 Å². The number of aromatic hydroxyl groups is 1.